The van der Waals surface area contributed by atoms with Gasteiger partial charge in [-0.3, -0.25) is 4.79 Å². The number of carbonyl (C=O) groups is 1. The number of benzene rings is 1. The van der Waals surface area contributed by atoms with Crippen molar-refractivity contribution in [3.63, 3.8) is 0 Å². The molecular formula is C14H21N3O6S2. The second kappa shape index (κ2) is 7.28. The quantitative estimate of drug-likeness (QED) is 0.694. The molecule has 1 heterocycles. The summed E-state index contributed by atoms with van der Waals surface area (Å²) in [5.74, 6) is -0.279. The minimum Gasteiger partial charge on any atom is -0.496 e. The maximum atomic E-state index is 12.5. The van der Waals surface area contributed by atoms with Gasteiger partial charge in [-0.25, -0.2) is 26.3 Å². The van der Waals surface area contributed by atoms with Crippen LogP contribution in [-0.4, -0.2) is 59.5 Å². The fourth-order valence-electron chi connectivity index (χ4n) is 2.64. The topological polar surface area (TPSA) is 136 Å². The molecule has 0 radical (unpaired) electrons. The smallest absolute Gasteiger partial charge is 0.255 e. The van der Waals surface area contributed by atoms with Crippen LogP contribution in [0.4, 0.5) is 0 Å². The summed E-state index contributed by atoms with van der Waals surface area (Å²) in [6.07, 6.45) is 2.08. The van der Waals surface area contributed by atoms with Crippen molar-refractivity contribution in [2.24, 2.45) is 5.14 Å². The van der Waals surface area contributed by atoms with Crippen LogP contribution in [0.2, 0.25) is 0 Å². The van der Waals surface area contributed by atoms with Crippen molar-refractivity contribution in [3.05, 3.63) is 23.8 Å². The Morgan fingerprint density at radius 2 is 1.84 bits per heavy atom. The highest BCUT2D eigenvalue weighted by molar-refractivity contribution is 7.89. The average molecular weight is 391 g/mol. The highest BCUT2D eigenvalue weighted by Crippen LogP contribution is 2.23. The van der Waals surface area contributed by atoms with E-state index in [4.69, 9.17) is 9.88 Å². The van der Waals surface area contributed by atoms with Crippen LogP contribution in [0.3, 0.4) is 0 Å². The molecule has 1 saturated heterocycles. The van der Waals surface area contributed by atoms with E-state index in [9.17, 15) is 21.6 Å². The first kappa shape index (κ1) is 19.6. The molecule has 9 nitrogen and oxygen atoms in total. The van der Waals surface area contributed by atoms with Crippen LogP contribution in [0, 0.1) is 0 Å². The number of nitrogens with one attached hydrogen (secondary N) is 1. The molecular weight excluding hydrogens is 370 g/mol. The van der Waals surface area contributed by atoms with E-state index < -0.39 is 26.0 Å². The van der Waals surface area contributed by atoms with Crippen molar-refractivity contribution in [3.8, 4) is 5.75 Å². The van der Waals surface area contributed by atoms with Gasteiger partial charge in [0.15, 0.2) is 0 Å². The van der Waals surface area contributed by atoms with E-state index in [2.05, 4.69) is 5.32 Å². The molecule has 1 aliphatic rings. The lowest BCUT2D eigenvalue weighted by molar-refractivity contribution is 0.0920. The number of primary sulfonamides is 1. The van der Waals surface area contributed by atoms with E-state index in [1.807, 2.05) is 0 Å². The van der Waals surface area contributed by atoms with Gasteiger partial charge in [0.2, 0.25) is 20.0 Å². The molecule has 11 heteroatoms. The summed E-state index contributed by atoms with van der Waals surface area (Å²) in [5.41, 5.74) is 0.0552. The molecule has 0 bridgehead atoms. The minimum absolute atomic E-state index is 0.0552. The summed E-state index contributed by atoms with van der Waals surface area (Å²) in [5, 5.41) is 7.88. The van der Waals surface area contributed by atoms with Crippen molar-refractivity contribution < 1.29 is 26.4 Å². The normalized spacial score (nSPS) is 17.2. The Morgan fingerprint density at radius 3 is 2.32 bits per heavy atom. The van der Waals surface area contributed by atoms with E-state index in [0.717, 1.165) is 12.3 Å². The number of sulfonamides is 2. The van der Waals surface area contributed by atoms with Gasteiger partial charge in [-0.05, 0) is 31.0 Å². The lowest BCUT2D eigenvalue weighted by Crippen LogP contribution is -2.46. The number of amides is 1. The molecule has 140 valence electrons. The van der Waals surface area contributed by atoms with Crippen LogP contribution in [0.15, 0.2) is 23.1 Å². The summed E-state index contributed by atoms with van der Waals surface area (Å²) >= 11 is 0. The third kappa shape index (κ3) is 4.91. The molecule has 0 atom stereocenters. The summed E-state index contributed by atoms with van der Waals surface area (Å²) in [4.78, 5) is 12.3. The summed E-state index contributed by atoms with van der Waals surface area (Å²) in [7, 11) is -5.82. The second-order valence-corrected chi connectivity index (χ2v) is 9.36. The van der Waals surface area contributed by atoms with Gasteiger partial charge in [0.25, 0.3) is 5.91 Å². The Balaban J connectivity index is 2.14. The average Bonchev–Trinajstić information content (AvgIpc) is 2.53. The third-order valence-electron chi connectivity index (χ3n) is 4.00. The fourth-order valence-corrected chi connectivity index (χ4v) is 4.05. The van der Waals surface area contributed by atoms with Crippen molar-refractivity contribution in [2.45, 2.75) is 23.8 Å². The first-order valence-corrected chi connectivity index (χ1v) is 10.9. The van der Waals surface area contributed by atoms with Crippen LogP contribution in [-0.2, 0) is 20.0 Å². The van der Waals surface area contributed by atoms with Gasteiger partial charge in [-0.2, -0.15) is 0 Å². The van der Waals surface area contributed by atoms with Crippen molar-refractivity contribution in [2.75, 3.05) is 26.5 Å². The molecule has 1 amide bonds. The number of nitrogens with zero attached hydrogens (tertiary/aromatic N) is 1. The van der Waals surface area contributed by atoms with Gasteiger partial charge < -0.3 is 10.1 Å². The molecule has 0 spiro atoms. The first-order valence-electron chi connectivity index (χ1n) is 7.49. The van der Waals surface area contributed by atoms with Crippen LogP contribution in [0.25, 0.3) is 0 Å². The van der Waals surface area contributed by atoms with E-state index in [-0.39, 0.29) is 22.3 Å². The van der Waals surface area contributed by atoms with Crippen LogP contribution < -0.4 is 15.2 Å². The van der Waals surface area contributed by atoms with Gasteiger partial charge >= 0.3 is 0 Å². The number of piperidine rings is 1. The number of nitrogens with two attached hydrogens (primary N) is 1. The summed E-state index contributed by atoms with van der Waals surface area (Å²) in [6.45, 7) is 0.635. The van der Waals surface area contributed by atoms with Gasteiger partial charge in [-0.15, -0.1) is 0 Å². The summed E-state index contributed by atoms with van der Waals surface area (Å²) in [6, 6.07) is 3.57. The molecule has 1 aromatic rings. The molecule has 0 unspecified atom stereocenters. The third-order valence-corrected chi connectivity index (χ3v) is 6.22. The Hall–Kier alpha value is -1.69. The zero-order valence-corrected chi connectivity index (χ0v) is 15.6. The van der Waals surface area contributed by atoms with Crippen LogP contribution in [0.1, 0.15) is 23.2 Å². The Labute approximate surface area is 147 Å². The number of rotatable bonds is 5. The van der Waals surface area contributed by atoms with E-state index in [0.29, 0.717) is 25.9 Å². The fraction of sp³-hybridized carbons (Fsp3) is 0.500. The zero-order valence-electron chi connectivity index (χ0n) is 13.9. The zero-order chi connectivity index (χ0) is 18.8. The monoisotopic (exact) mass is 391 g/mol. The maximum Gasteiger partial charge on any atom is 0.255 e. The minimum atomic E-state index is -3.95. The summed E-state index contributed by atoms with van der Waals surface area (Å²) < 4.78 is 52.4. The lowest BCUT2D eigenvalue weighted by atomic mass is 10.1. The Bertz CT molecular complexity index is 859. The SMILES string of the molecule is COc1ccc(S(N)(=O)=O)cc1C(=O)NC1CCN(S(C)(=O)=O)CC1. The van der Waals surface area contributed by atoms with Crippen LogP contribution >= 0.6 is 0 Å². The maximum absolute atomic E-state index is 12.5. The van der Waals surface area contributed by atoms with E-state index >= 15 is 0 Å². The Morgan fingerprint density at radius 1 is 1.24 bits per heavy atom. The molecule has 0 saturated carbocycles. The molecule has 25 heavy (non-hydrogen) atoms. The van der Waals surface area contributed by atoms with Gasteiger partial charge in [0, 0.05) is 19.1 Å². The second-order valence-electron chi connectivity index (χ2n) is 5.82. The Kier molecular flexibility index (Phi) is 5.72. The van der Waals surface area contributed by atoms with E-state index in [1.54, 1.807) is 0 Å². The largest absolute Gasteiger partial charge is 0.496 e. The number of ether oxygens (including phenoxy) is 1. The van der Waals surface area contributed by atoms with Crippen molar-refractivity contribution in [1.82, 2.24) is 9.62 Å². The van der Waals surface area contributed by atoms with Gasteiger partial charge in [-0.1, -0.05) is 0 Å². The van der Waals surface area contributed by atoms with Crippen molar-refractivity contribution >= 4 is 26.0 Å². The first-order chi connectivity index (χ1) is 11.5. The highest BCUT2D eigenvalue weighted by Gasteiger charge is 2.27. The number of hydrogen-bond donors (Lipinski definition) is 2. The molecule has 1 aliphatic heterocycles. The van der Waals surface area contributed by atoms with E-state index in [1.165, 1.54) is 23.5 Å². The van der Waals surface area contributed by atoms with Gasteiger partial charge in [0.1, 0.15) is 5.75 Å². The predicted octanol–water partition coefficient (Wildman–Crippen LogP) is -0.504. The number of carbonyl (C=O) groups excluding carboxylic acids is 1. The van der Waals surface area contributed by atoms with Crippen LogP contribution in [0.5, 0.6) is 5.75 Å². The lowest BCUT2D eigenvalue weighted by Gasteiger charge is -2.30. The molecule has 1 fully saturated rings. The predicted molar refractivity (Wildman–Crippen MR) is 91.3 cm³/mol. The number of methoxy groups -OCH3 is 1. The highest BCUT2D eigenvalue weighted by atomic mass is 32.2. The number of hydrogen-bond acceptors (Lipinski definition) is 6. The molecule has 3 N–H and O–H groups in total. The molecule has 2 rings (SSSR count). The van der Waals surface area contributed by atoms with Crippen molar-refractivity contribution in [1.29, 1.82) is 0 Å². The molecule has 0 aliphatic carbocycles. The van der Waals surface area contributed by atoms with Gasteiger partial charge in [0.05, 0.1) is 23.8 Å². The standard InChI is InChI=1S/C14H21N3O6S2/c1-23-13-4-3-11(25(15,21)22)9-12(13)14(18)16-10-5-7-17(8-6-10)24(2,19)20/h3-4,9-10H,5-8H2,1-2H3,(H,16,18)(H2,15,21,22). The molecule has 0 aromatic heterocycles. The molecule has 1 aromatic carbocycles.